The number of allylic oxidation sites excluding steroid dienone is 1. The van der Waals surface area contributed by atoms with Crippen molar-refractivity contribution in [3.05, 3.63) is 119 Å². The number of ether oxygens (including phenoxy) is 1. The van der Waals surface area contributed by atoms with Gasteiger partial charge in [0, 0.05) is 17.7 Å². The van der Waals surface area contributed by atoms with E-state index in [0.717, 1.165) is 12.1 Å². The van der Waals surface area contributed by atoms with Crippen LogP contribution in [0.5, 0.6) is 5.75 Å². The third kappa shape index (κ3) is 6.14. The fourth-order valence-electron chi connectivity index (χ4n) is 4.50. The topological polar surface area (TPSA) is 22.1 Å². The van der Waals surface area contributed by atoms with Crippen molar-refractivity contribution in [1.82, 2.24) is 4.98 Å². The molecule has 0 saturated heterocycles. The lowest BCUT2D eigenvalue weighted by molar-refractivity contribution is -0.185. The third-order valence-corrected chi connectivity index (χ3v) is 7.56. The Morgan fingerprint density at radius 3 is 2.00 bits per heavy atom. The second-order valence-electron chi connectivity index (χ2n) is 9.54. The first-order valence-electron chi connectivity index (χ1n) is 12.6. The SMILES string of the molecule is C=CCCc1ccc(-c2cc(F)c(-c3ccc4nc(C(F)(F)Oc5cc(F)c(C(F)(F)F)c(F)c5)sc4c3)c(F)c2)c(F)c1. The van der Waals surface area contributed by atoms with Crippen LogP contribution in [0.3, 0.4) is 0 Å². The van der Waals surface area contributed by atoms with Gasteiger partial charge in [0.25, 0.3) is 0 Å². The van der Waals surface area contributed by atoms with Crippen LogP contribution in [-0.4, -0.2) is 4.98 Å². The average molecular weight is 642 g/mol. The molecule has 0 aliphatic heterocycles. The van der Waals surface area contributed by atoms with Crippen LogP contribution in [0.1, 0.15) is 22.6 Å². The zero-order valence-electron chi connectivity index (χ0n) is 22.0. The van der Waals surface area contributed by atoms with E-state index in [1.54, 1.807) is 12.1 Å². The van der Waals surface area contributed by atoms with E-state index in [1.165, 1.54) is 30.3 Å². The molecule has 0 spiro atoms. The van der Waals surface area contributed by atoms with Crippen LogP contribution < -0.4 is 4.74 Å². The molecule has 0 N–H and O–H groups in total. The van der Waals surface area contributed by atoms with Crippen molar-refractivity contribution >= 4 is 21.6 Å². The number of aryl methyl sites for hydroxylation is 1. The van der Waals surface area contributed by atoms with Crippen LogP contribution >= 0.6 is 11.3 Å². The highest BCUT2D eigenvalue weighted by atomic mass is 32.1. The minimum Gasteiger partial charge on any atom is -0.427 e. The summed E-state index contributed by atoms with van der Waals surface area (Å²) < 4.78 is 145. The van der Waals surface area contributed by atoms with Crippen LogP contribution in [0.2, 0.25) is 0 Å². The number of nitrogens with zero attached hydrogens (tertiary/aromatic N) is 1. The zero-order chi connectivity index (χ0) is 32.0. The van der Waals surface area contributed by atoms with Crippen LogP contribution in [0.15, 0.2) is 73.3 Å². The van der Waals surface area contributed by atoms with Gasteiger partial charge in [-0.05, 0) is 59.9 Å². The molecule has 13 heteroatoms. The number of rotatable bonds is 8. The molecule has 0 fully saturated rings. The number of alkyl halides is 5. The van der Waals surface area contributed by atoms with Gasteiger partial charge in [-0.1, -0.05) is 24.3 Å². The quantitative estimate of drug-likeness (QED) is 0.124. The van der Waals surface area contributed by atoms with E-state index >= 15 is 8.78 Å². The fourth-order valence-corrected chi connectivity index (χ4v) is 5.41. The lowest BCUT2D eigenvalue weighted by Gasteiger charge is -2.17. The molecule has 0 amide bonds. The summed E-state index contributed by atoms with van der Waals surface area (Å²) in [5.74, 6) is -8.34. The molecule has 0 aliphatic rings. The Morgan fingerprint density at radius 2 is 1.41 bits per heavy atom. The summed E-state index contributed by atoms with van der Waals surface area (Å²) in [4.78, 5) is 3.69. The highest BCUT2D eigenvalue weighted by Gasteiger charge is 2.41. The number of benzene rings is 4. The summed E-state index contributed by atoms with van der Waals surface area (Å²) in [6.07, 6.45) is -6.94. The van der Waals surface area contributed by atoms with Gasteiger partial charge in [-0.25, -0.2) is 26.9 Å². The fraction of sp³-hybridized carbons (Fsp3) is 0.129. The van der Waals surface area contributed by atoms with Crippen LogP contribution in [0, 0.1) is 29.1 Å². The molecule has 0 radical (unpaired) electrons. The Kier molecular flexibility index (Phi) is 8.19. The van der Waals surface area contributed by atoms with Crippen molar-refractivity contribution < 1.29 is 48.6 Å². The van der Waals surface area contributed by atoms with E-state index < -0.39 is 63.3 Å². The van der Waals surface area contributed by atoms with Crippen LogP contribution in [-0.2, 0) is 18.7 Å². The number of halogens is 10. The Labute approximate surface area is 246 Å². The number of thiazole rings is 1. The highest BCUT2D eigenvalue weighted by Crippen LogP contribution is 2.41. The summed E-state index contributed by atoms with van der Waals surface area (Å²) >= 11 is 0.314. The van der Waals surface area contributed by atoms with E-state index in [-0.39, 0.29) is 39.0 Å². The maximum absolute atomic E-state index is 15.2. The van der Waals surface area contributed by atoms with Crippen molar-refractivity contribution in [3.63, 3.8) is 0 Å². The number of hydrogen-bond donors (Lipinski definition) is 0. The molecule has 5 aromatic rings. The van der Waals surface area contributed by atoms with E-state index in [0.29, 0.717) is 29.7 Å². The average Bonchev–Trinajstić information content (AvgIpc) is 3.35. The Balaban J connectivity index is 1.44. The molecule has 0 saturated carbocycles. The van der Waals surface area contributed by atoms with Crippen molar-refractivity contribution in [3.8, 4) is 28.0 Å². The third-order valence-electron chi connectivity index (χ3n) is 6.49. The van der Waals surface area contributed by atoms with Gasteiger partial charge in [-0.15, -0.1) is 17.9 Å². The lowest BCUT2D eigenvalue weighted by atomic mass is 9.97. The number of hydrogen-bond acceptors (Lipinski definition) is 3. The molecule has 1 aromatic heterocycles. The molecule has 0 aliphatic carbocycles. The minimum atomic E-state index is -5.41. The molecule has 0 atom stereocenters. The molecule has 0 bridgehead atoms. The monoisotopic (exact) mass is 641 g/mol. The standard InChI is InChI=1S/C31H17F10NOS/c1-2-3-4-15-5-7-19(20(32)9-15)17-10-21(33)27(22(34)11-17)16-6-8-25-26(12-16)44-29(42-25)31(40,41)43-18-13-23(35)28(24(36)14-18)30(37,38)39/h2,5-14H,1,3-4H2. The molecule has 4 aromatic carbocycles. The predicted octanol–water partition coefficient (Wildman–Crippen LogP) is 10.6. The van der Waals surface area contributed by atoms with Gasteiger partial charge in [0.15, 0.2) is 0 Å². The molecule has 5 rings (SSSR count). The van der Waals surface area contributed by atoms with Gasteiger partial charge in [0.05, 0.1) is 15.8 Å². The molecule has 2 nitrogen and oxygen atoms in total. The maximum atomic E-state index is 15.2. The van der Waals surface area contributed by atoms with Crippen LogP contribution in [0.4, 0.5) is 43.9 Å². The second-order valence-corrected chi connectivity index (χ2v) is 10.6. The van der Waals surface area contributed by atoms with Gasteiger partial charge in [-0.3, -0.25) is 0 Å². The predicted molar refractivity (Wildman–Crippen MR) is 145 cm³/mol. The first-order valence-corrected chi connectivity index (χ1v) is 13.4. The van der Waals surface area contributed by atoms with Crippen molar-refractivity contribution in [2.75, 3.05) is 0 Å². The first-order chi connectivity index (χ1) is 20.7. The van der Waals surface area contributed by atoms with Gasteiger partial charge in [-0.2, -0.15) is 22.0 Å². The van der Waals surface area contributed by atoms with Gasteiger partial charge < -0.3 is 4.74 Å². The first kappa shape index (κ1) is 31.0. The summed E-state index contributed by atoms with van der Waals surface area (Å²) in [6.45, 7) is 3.60. The number of fused-ring (bicyclic) bond motifs is 1. The highest BCUT2D eigenvalue weighted by molar-refractivity contribution is 7.18. The lowest BCUT2D eigenvalue weighted by Crippen LogP contribution is -2.22. The normalized spacial score (nSPS) is 12.1. The van der Waals surface area contributed by atoms with E-state index in [4.69, 9.17) is 0 Å². The Morgan fingerprint density at radius 1 is 0.750 bits per heavy atom. The van der Waals surface area contributed by atoms with Crippen molar-refractivity contribution in [1.29, 1.82) is 0 Å². The summed E-state index contributed by atoms with van der Waals surface area (Å²) in [5, 5.41) is -1.05. The molecule has 0 unspecified atom stereocenters. The van der Waals surface area contributed by atoms with Gasteiger partial charge in [0.2, 0.25) is 5.01 Å². The minimum absolute atomic E-state index is 0.00888. The summed E-state index contributed by atoms with van der Waals surface area (Å²) in [5.41, 5.74) is -2.33. The largest absolute Gasteiger partial charge is 0.454 e. The van der Waals surface area contributed by atoms with Crippen LogP contribution in [0.25, 0.3) is 32.5 Å². The molecular formula is C31H17F10NOS. The summed E-state index contributed by atoms with van der Waals surface area (Å²) in [6, 6.07) is 9.66. The smallest absolute Gasteiger partial charge is 0.427 e. The molecule has 1 heterocycles. The van der Waals surface area contributed by atoms with Gasteiger partial charge >= 0.3 is 12.3 Å². The zero-order valence-corrected chi connectivity index (χ0v) is 22.8. The van der Waals surface area contributed by atoms with E-state index in [1.807, 2.05) is 0 Å². The molecular weight excluding hydrogens is 624 g/mol. The molecule has 228 valence electrons. The van der Waals surface area contributed by atoms with Gasteiger partial charge in [0.1, 0.15) is 40.4 Å². The maximum Gasteiger partial charge on any atom is 0.454 e. The summed E-state index contributed by atoms with van der Waals surface area (Å²) in [7, 11) is 0. The van der Waals surface area contributed by atoms with E-state index in [2.05, 4.69) is 16.3 Å². The van der Waals surface area contributed by atoms with Crippen molar-refractivity contribution in [2.45, 2.75) is 25.1 Å². The second kappa shape index (κ2) is 11.6. The van der Waals surface area contributed by atoms with E-state index in [9.17, 15) is 35.1 Å². The number of aromatic nitrogens is 1. The Bertz CT molecular complexity index is 1850. The van der Waals surface area contributed by atoms with Crippen molar-refractivity contribution in [2.24, 2.45) is 0 Å². The Hall–Kier alpha value is -4.39. The molecule has 44 heavy (non-hydrogen) atoms.